The fraction of sp³-hybridized carbons (Fsp3) is 0.353. The zero-order valence-corrected chi connectivity index (χ0v) is 15.5. The van der Waals surface area contributed by atoms with Gasteiger partial charge in [0.05, 0.1) is 18.6 Å². The molecule has 0 aliphatic carbocycles. The molecule has 0 atom stereocenters. The Hall–Kier alpha value is -2.45. The first-order valence-electron chi connectivity index (χ1n) is 7.66. The summed E-state index contributed by atoms with van der Waals surface area (Å²) in [6.07, 6.45) is 0. The average Bonchev–Trinajstić information content (AvgIpc) is 2.93. The molecule has 134 valence electrons. The van der Waals surface area contributed by atoms with Gasteiger partial charge >= 0.3 is 5.69 Å². The largest absolute Gasteiger partial charge is 0.490 e. The molecule has 8 heteroatoms. The van der Waals surface area contributed by atoms with Gasteiger partial charge in [-0.3, -0.25) is 19.8 Å². The van der Waals surface area contributed by atoms with Crippen LogP contribution in [-0.2, 0) is 11.3 Å². The maximum Gasteiger partial charge on any atom is 0.311 e. The molecule has 1 N–H and O–H groups in total. The second kappa shape index (κ2) is 8.09. The highest BCUT2D eigenvalue weighted by Gasteiger charge is 2.18. The monoisotopic (exact) mass is 363 g/mol. The lowest BCUT2D eigenvalue weighted by atomic mass is 10.1. The van der Waals surface area contributed by atoms with E-state index in [1.165, 1.54) is 29.7 Å². The number of hydrogen-bond acceptors (Lipinski definition) is 6. The minimum Gasteiger partial charge on any atom is -0.490 e. The number of benzene rings is 1. The smallest absolute Gasteiger partial charge is 0.311 e. The maximum absolute atomic E-state index is 12.3. The minimum atomic E-state index is -0.505. The summed E-state index contributed by atoms with van der Waals surface area (Å²) in [5.41, 5.74) is 2.21. The van der Waals surface area contributed by atoms with Crippen molar-refractivity contribution in [2.45, 2.75) is 20.4 Å². The van der Waals surface area contributed by atoms with Crippen LogP contribution < -0.4 is 10.1 Å². The molecular weight excluding hydrogens is 342 g/mol. The molecule has 0 saturated heterocycles. The summed E-state index contributed by atoms with van der Waals surface area (Å²) >= 11 is 1.67. The average molecular weight is 363 g/mol. The summed E-state index contributed by atoms with van der Waals surface area (Å²) in [7, 11) is 3.24. The Labute approximate surface area is 150 Å². The summed E-state index contributed by atoms with van der Waals surface area (Å²) < 4.78 is 5.05. The Bertz CT molecular complexity index is 788. The van der Waals surface area contributed by atoms with Crippen LogP contribution in [0.25, 0.3) is 0 Å². The standard InChI is InChI=1S/C17H21N3O4S/c1-11-5-6-25-16(11)9-19(3)10-17(21)18-13-8-15(24-4)14(20(22)23)7-12(13)2/h5-8H,9-10H2,1-4H3,(H,18,21). The Morgan fingerprint density at radius 2 is 2.08 bits per heavy atom. The number of hydrogen-bond donors (Lipinski definition) is 1. The minimum absolute atomic E-state index is 0.119. The highest BCUT2D eigenvalue weighted by atomic mass is 32.1. The molecule has 25 heavy (non-hydrogen) atoms. The second-order valence-electron chi connectivity index (χ2n) is 5.84. The van der Waals surface area contributed by atoms with E-state index in [0.29, 0.717) is 17.8 Å². The number of ether oxygens (including phenoxy) is 1. The topological polar surface area (TPSA) is 84.7 Å². The molecule has 1 amide bonds. The number of nitrogens with one attached hydrogen (secondary N) is 1. The molecule has 1 aromatic heterocycles. The van der Waals surface area contributed by atoms with Gasteiger partial charge in [-0.05, 0) is 43.5 Å². The van der Waals surface area contributed by atoms with Crippen molar-refractivity contribution in [1.82, 2.24) is 4.90 Å². The van der Waals surface area contributed by atoms with Crippen molar-refractivity contribution >= 4 is 28.6 Å². The molecule has 0 saturated carbocycles. The Kier molecular flexibility index (Phi) is 6.11. The van der Waals surface area contributed by atoms with Crippen molar-refractivity contribution in [3.8, 4) is 5.75 Å². The summed E-state index contributed by atoms with van der Waals surface area (Å²) in [6.45, 7) is 4.67. The number of methoxy groups -OCH3 is 1. The zero-order valence-electron chi connectivity index (χ0n) is 14.7. The maximum atomic E-state index is 12.3. The second-order valence-corrected chi connectivity index (χ2v) is 6.84. The van der Waals surface area contributed by atoms with Crippen molar-refractivity contribution in [1.29, 1.82) is 0 Å². The molecule has 0 aliphatic rings. The van der Waals surface area contributed by atoms with Gasteiger partial charge < -0.3 is 10.1 Å². The van der Waals surface area contributed by atoms with E-state index in [2.05, 4.69) is 11.4 Å². The molecule has 0 fully saturated rings. The molecule has 2 aromatic rings. The summed E-state index contributed by atoms with van der Waals surface area (Å²) in [6, 6.07) is 4.93. The molecule has 0 spiro atoms. The first-order chi connectivity index (χ1) is 11.8. The van der Waals surface area contributed by atoms with E-state index in [0.717, 1.165) is 0 Å². The van der Waals surface area contributed by atoms with Crippen molar-refractivity contribution in [2.24, 2.45) is 0 Å². The number of aryl methyl sites for hydroxylation is 2. The lowest BCUT2D eigenvalue weighted by Crippen LogP contribution is -2.30. The lowest BCUT2D eigenvalue weighted by molar-refractivity contribution is -0.385. The number of nitro groups is 1. The van der Waals surface area contributed by atoms with Gasteiger partial charge in [-0.1, -0.05) is 0 Å². The summed E-state index contributed by atoms with van der Waals surface area (Å²) in [5, 5.41) is 15.9. The first-order valence-corrected chi connectivity index (χ1v) is 8.54. The van der Waals surface area contributed by atoms with E-state index in [-0.39, 0.29) is 23.9 Å². The fourth-order valence-electron chi connectivity index (χ4n) is 2.42. The van der Waals surface area contributed by atoms with Crippen LogP contribution in [0, 0.1) is 24.0 Å². The molecule has 0 aliphatic heterocycles. The predicted octanol–water partition coefficient (Wildman–Crippen LogP) is 3.35. The number of nitro benzene ring substituents is 1. The number of anilines is 1. The summed E-state index contributed by atoms with van der Waals surface area (Å²) in [5.74, 6) is -0.0656. The van der Waals surface area contributed by atoms with Gasteiger partial charge in [-0.25, -0.2) is 0 Å². The molecule has 0 unspecified atom stereocenters. The van der Waals surface area contributed by atoms with Crippen molar-refractivity contribution in [2.75, 3.05) is 26.0 Å². The van der Waals surface area contributed by atoms with Crippen LogP contribution in [0.2, 0.25) is 0 Å². The third-order valence-corrected chi connectivity index (χ3v) is 4.80. The molecule has 7 nitrogen and oxygen atoms in total. The Balaban J connectivity index is 2.05. The number of thiophene rings is 1. The van der Waals surface area contributed by atoms with Gasteiger partial charge in [-0.2, -0.15) is 0 Å². The van der Waals surface area contributed by atoms with Crippen LogP contribution in [0.1, 0.15) is 16.0 Å². The number of carbonyl (C=O) groups is 1. The van der Waals surface area contributed by atoms with Crippen molar-refractivity contribution in [3.05, 3.63) is 49.7 Å². The number of amides is 1. The van der Waals surface area contributed by atoms with Gasteiger partial charge in [0.15, 0.2) is 5.75 Å². The lowest BCUT2D eigenvalue weighted by Gasteiger charge is -2.17. The van der Waals surface area contributed by atoms with Crippen LogP contribution in [0.4, 0.5) is 11.4 Å². The quantitative estimate of drug-likeness (QED) is 0.602. The number of nitrogens with zero attached hydrogens (tertiary/aromatic N) is 2. The Morgan fingerprint density at radius 1 is 1.36 bits per heavy atom. The van der Waals surface area contributed by atoms with Gasteiger partial charge in [0.2, 0.25) is 5.91 Å². The highest BCUT2D eigenvalue weighted by molar-refractivity contribution is 7.10. The van der Waals surface area contributed by atoms with Gasteiger partial charge in [0, 0.05) is 29.2 Å². The van der Waals surface area contributed by atoms with Crippen LogP contribution in [-0.4, -0.2) is 36.4 Å². The van der Waals surface area contributed by atoms with Crippen LogP contribution >= 0.6 is 11.3 Å². The third-order valence-electron chi connectivity index (χ3n) is 3.79. The molecule has 0 bridgehead atoms. The van der Waals surface area contributed by atoms with E-state index in [1.807, 2.05) is 24.3 Å². The van der Waals surface area contributed by atoms with Crippen LogP contribution in [0.3, 0.4) is 0 Å². The van der Waals surface area contributed by atoms with E-state index in [9.17, 15) is 14.9 Å². The van der Waals surface area contributed by atoms with Crippen LogP contribution in [0.5, 0.6) is 5.75 Å². The van der Waals surface area contributed by atoms with E-state index in [4.69, 9.17) is 4.74 Å². The van der Waals surface area contributed by atoms with Crippen molar-refractivity contribution in [3.63, 3.8) is 0 Å². The van der Waals surface area contributed by atoms with E-state index >= 15 is 0 Å². The molecular formula is C17H21N3O4S. The van der Waals surface area contributed by atoms with E-state index in [1.54, 1.807) is 18.3 Å². The number of carbonyl (C=O) groups excluding carboxylic acids is 1. The predicted molar refractivity (Wildman–Crippen MR) is 98.4 cm³/mol. The van der Waals surface area contributed by atoms with Gasteiger partial charge in [0.1, 0.15) is 0 Å². The number of likely N-dealkylation sites (N-methyl/N-ethyl adjacent to an activating group) is 1. The van der Waals surface area contributed by atoms with Gasteiger partial charge in [-0.15, -0.1) is 11.3 Å². The SMILES string of the molecule is COc1cc(NC(=O)CN(C)Cc2sccc2C)c(C)cc1[N+](=O)[O-]. The third kappa shape index (κ3) is 4.77. The highest BCUT2D eigenvalue weighted by Crippen LogP contribution is 2.32. The Morgan fingerprint density at radius 3 is 2.64 bits per heavy atom. The fourth-order valence-corrected chi connectivity index (χ4v) is 3.40. The van der Waals surface area contributed by atoms with E-state index < -0.39 is 4.92 Å². The molecule has 2 rings (SSSR count). The molecule has 1 aromatic carbocycles. The molecule has 0 radical (unpaired) electrons. The normalized spacial score (nSPS) is 10.8. The first kappa shape index (κ1) is 18.9. The summed E-state index contributed by atoms with van der Waals surface area (Å²) in [4.78, 5) is 25.9. The zero-order chi connectivity index (χ0) is 18.6. The van der Waals surface area contributed by atoms with Gasteiger partial charge in [0.25, 0.3) is 0 Å². The van der Waals surface area contributed by atoms with Crippen LogP contribution in [0.15, 0.2) is 23.6 Å². The molecule has 1 heterocycles. The number of rotatable bonds is 7. The van der Waals surface area contributed by atoms with Crippen molar-refractivity contribution < 1.29 is 14.5 Å².